The number of sulfonamides is 1. The molecule has 200 valence electrons. The second kappa shape index (κ2) is 10.8. The van der Waals surface area contributed by atoms with Crippen LogP contribution >= 0.6 is 11.3 Å². The number of carbonyl (C=O) groups is 3. The van der Waals surface area contributed by atoms with Crippen LogP contribution in [0, 0.1) is 11.8 Å². The highest BCUT2D eigenvalue weighted by molar-refractivity contribution is 7.89. The molecule has 0 spiro atoms. The number of carbonyl (C=O) groups excluding carboxylic acids is 3. The number of thiophene rings is 1. The van der Waals surface area contributed by atoms with Crippen LogP contribution in [0.15, 0.2) is 29.2 Å². The Morgan fingerprint density at radius 2 is 1.78 bits per heavy atom. The molecule has 12 heteroatoms. The number of nitrogens with one attached hydrogen (secondary N) is 1. The number of primary amides is 1. The Labute approximate surface area is 220 Å². The molecule has 10 nitrogen and oxygen atoms in total. The van der Waals surface area contributed by atoms with E-state index in [4.69, 9.17) is 10.5 Å². The first-order valence-corrected chi connectivity index (χ1v) is 14.5. The van der Waals surface area contributed by atoms with Gasteiger partial charge in [-0.05, 0) is 61.4 Å². The van der Waals surface area contributed by atoms with Crippen molar-refractivity contribution in [3.63, 3.8) is 0 Å². The van der Waals surface area contributed by atoms with E-state index < -0.39 is 27.9 Å². The van der Waals surface area contributed by atoms with E-state index in [9.17, 15) is 22.8 Å². The normalized spacial score (nSPS) is 20.2. The lowest BCUT2D eigenvalue weighted by atomic mass is 9.94. The first-order chi connectivity index (χ1) is 17.5. The Bertz CT molecular complexity index is 1300. The lowest BCUT2D eigenvalue weighted by Gasteiger charge is -2.34. The third-order valence-corrected chi connectivity index (χ3v) is 9.62. The zero-order valence-corrected chi connectivity index (χ0v) is 22.8. The summed E-state index contributed by atoms with van der Waals surface area (Å²) in [5.41, 5.74) is 6.84. The highest BCUT2D eigenvalue weighted by Gasteiger charge is 2.32. The fourth-order valence-corrected chi connectivity index (χ4v) is 7.97. The Morgan fingerprint density at radius 3 is 2.38 bits per heavy atom. The van der Waals surface area contributed by atoms with Gasteiger partial charge in [0, 0.05) is 30.1 Å². The topological polar surface area (TPSA) is 139 Å². The van der Waals surface area contributed by atoms with E-state index in [1.165, 1.54) is 39.9 Å². The lowest BCUT2D eigenvalue weighted by molar-refractivity contribution is 0.0997. The summed E-state index contributed by atoms with van der Waals surface area (Å²) in [5.74, 6) is -0.593. The SMILES string of the molecule is CCOC(=O)N1CCc2c(sc(NC(=O)c3ccc(S(=O)(=O)N4C[C@@H](C)C[C@H](C)C4)cc3)c2C(N)=O)C1. The highest BCUT2D eigenvalue weighted by Crippen LogP contribution is 2.37. The van der Waals surface area contributed by atoms with Crippen molar-refractivity contribution < 1.29 is 27.5 Å². The zero-order chi connectivity index (χ0) is 26.9. The maximum atomic E-state index is 13.1. The summed E-state index contributed by atoms with van der Waals surface area (Å²) >= 11 is 1.19. The first kappa shape index (κ1) is 27.1. The number of benzene rings is 1. The molecule has 0 unspecified atom stereocenters. The molecule has 2 aliphatic rings. The molecule has 4 rings (SSSR count). The molecule has 2 aromatic rings. The molecule has 1 fully saturated rings. The van der Waals surface area contributed by atoms with E-state index in [0.717, 1.165) is 16.9 Å². The average molecular weight is 549 g/mol. The van der Waals surface area contributed by atoms with Gasteiger partial charge in [-0.2, -0.15) is 4.31 Å². The van der Waals surface area contributed by atoms with E-state index in [-0.39, 0.29) is 41.0 Å². The second-order valence-electron chi connectivity index (χ2n) is 9.69. The van der Waals surface area contributed by atoms with Crippen LogP contribution in [-0.2, 0) is 27.7 Å². The molecule has 1 aromatic carbocycles. The second-order valence-corrected chi connectivity index (χ2v) is 12.7. The standard InChI is InChI=1S/C25H32N4O6S2/c1-4-35-25(32)28-10-9-19-20(14-28)36-24(21(19)22(26)30)27-23(31)17-5-7-18(8-6-17)37(33,34)29-12-15(2)11-16(3)13-29/h5-8,15-16H,4,9-14H2,1-3H3,(H2,26,30)(H,27,31)/t15-,16-/m0/s1. The molecule has 0 saturated carbocycles. The van der Waals surface area contributed by atoms with Crippen LogP contribution in [0.4, 0.5) is 9.80 Å². The summed E-state index contributed by atoms with van der Waals surface area (Å²) in [6, 6.07) is 5.78. The van der Waals surface area contributed by atoms with Crippen molar-refractivity contribution in [3.8, 4) is 0 Å². The molecule has 2 atom stereocenters. The Balaban J connectivity index is 1.52. The van der Waals surface area contributed by atoms with E-state index in [1.54, 1.807) is 11.8 Å². The van der Waals surface area contributed by atoms with Crippen molar-refractivity contribution >= 4 is 44.3 Å². The van der Waals surface area contributed by atoms with Crippen LogP contribution in [0.25, 0.3) is 0 Å². The van der Waals surface area contributed by atoms with Crippen LogP contribution in [0.3, 0.4) is 0 Å². The van der Waals surface area contributed by atoms with Gasteiger partial charge in [0.2, 0.25) is 10.0 Å². The van der Waals surface area contributed by atoms with Crippen molar-refractivity contribution in [3.05, 3.63) is 45.8 Å². The van der Waals surface area contributed by atoms with Gasteiger partial charge in [0.25, 0.3) is 11.8 Å². The third kappa shape index (κ3) is 5.65. The number of ether oxygens (including phenoxy) is 1. The van der Waals surface area contributed by atoms with E-state index >= 15 is 0 Å². The van der Waals surface area contributed by atoms with Gasteiger partial charge in [-0.15, -0.1) is 11.3 Å². The summed E-state index contributed by atoms with van der Waals surface area (Å²) in [6.45, 7) is 7.66. The van der Waals surface area contributed by atoms with E-state index in [0.29, 0.717) is 31.1 Å². The van der Waals surface area contributed by atoms with Gasteiger partial charge in [0.05, 0.1) is 23.6 Å². The molecule has 0 aliphatic carbocycles. The monoisotopic (exact) mass is 548 g/mol. The van der Waals surface area contributed by atoms with Crippen molar-refractivity contribution in [1.82, 2.24) is 9.21 Å². The van der Waals surface area contributed by atoms with Gasteiger partial charge in [0.1, 0.15) is 5.00 Å². The molecule has 37 heavy (non-hydrogen) atoms. The van der Waals surface area contributed by atoms with E-state index in [1.807, 2.05) is 13.8 Å². The number of rotatable bonds is 6. The van der Waals surface area contributed by atoms with Gasteiger partial charge >= 0.3 is 6.09 Å². The molecular formula is C25H32N4O6S2. The zero-order valence-electron chi connectivity index (χ0n) is 21.2. The first-order valence-electron chi connectivity index (χ1n) is 12.3. The number of fused-ring (bicyclic) bond motifs is 1. The Kier molecular flexibility index (Phi) is 7.91. The fraction of sp³-hybridized carbons (Fsp3) is 0.480. The summed E-state index contributed by atoms with van der Waals surface area (Å²) < 4.78 is 32.9. The molecule has 3 amide bonds. The smallest absolute Gasteiger partial charge is 0.410 e. The number of anilines is 1. The molecule has 1 aromatic heterocycles. The van der Waals surface area contributed by atoms with Crippen LogP contribution in [-0.4, -0.2) is 61.8 Å². The molecule has 2 aliphatic heterocycles. The van der Waals surface area contributed by atoms with Crippen molar-refractivity contribution in [1.29, 1.82) is 0 Å². The minimum atomic E-state index is -3.67. The third-order valence-electron chi connectivity index (χ3n) is 6.65. The van der Waals surface area contributed by atoms with Gasteiger partial charge in [-0.25, -0.2) is 13.2 Å². The molecule has 3 N–H and O–H groups in total. The fourth-order valence-electron chi connectivity index (χ4n) is 5.03. The van der Waals surface area contributed by atoms with E-state index in [2.05, 4.69) is 5.32 Å². The number of nitrogens with zero attached hydrogens (tertiary/aromatic N) is 2. The van der Waals surface area contributed by atoms with Crippen molar-refractivity contribution in [2.45, 2.75) is 45.1 Å². The Hall–Kier alpha value is -2.96. The van der Waals surface area contributed by atoms with Crippen LogP contribution in [0.2, 0.25) is 0 Å². The summed E-state index contributed by atoms with van der Waals surface area (Å²) in [4.78, 5) is 39.8. The molecule has 0 radical (unpaired) electrons. The predicted molar refractivity (Wildman–Crippen MR) is 140 cm³/mol. The maximum absolute atomic E-state index is 13.1. The average Bonchev–Trinajstić information content (AvgIpc) is 3.20. The minimum absolute atomic E-state index is 0.133. The van der Waals surface area contributed by atoms with Gasteiger partial charge < -0.3 is 20.7 Å². The van der Waals surface area contributed by atoms with Crippen molar-refractivity contribution in [2.24, 2.45) is 17.6 Å². The number of nitrogens with two attached hydrogens (primary N) is 1. The molecule has 3 heterocycles. The predicted octanol–water partition coefficient (Wildman–Crippen LogP) is 3.28. The summed E-state index contributed by atoms with van der Waals surface area (Å²) in [5, 5.41) is 3.06. The quantitative estimate of drug-likeness (QED) is 0.568. The molecule has 0 bridgehead atoms. The molecular weight excluding hydrogens is 516 g/mol. The van der Waals surface area contributed by atoms with Gasteiger partial charge in [0.15, 0.2) is 0 Å². The van der Waals surface area contributed by atoms with Gasteiger partial charge in [-0.3, -0.25) is 9.59 Å². The molecule has 1 saturated heterocycles. The largest absolute Gasteiger partial charge is 0.450 e. The van der Waals surface area contributed by atoms with Crippen LogP contribution < -0.4 is 11.1 Å². The van der Waals surface area contributed by atoms with Crippen molar-refractivity contribution in [2.75, 3.05) is 31.6 Å². The summed E-state index contributed by atoms with van der Waals surface area (Å²) in [6.07, 6.45) is 0.973. The lowest BCUT2D eigenvalue weighted by Crippen LogP contribution is -2.42. The number of amides is 3. The summed E-state index contributed by atoms with van der Waals surface area (Å²) in [7, 11) is -3.67. The maximum Gasteiger partial charge on any atom is 0.410 e. The number of hydrogen-bond donors (Lipinski definition) is 2. The van der Waals surface area contributed by atoms with Crippen LogP contribution in [0.5, 0.6) is 0 Å². The van der Waals surface area contributed by atoms with Crippen LogP contribution in [0.1, 0.15) is 58.3 Å². The number of hydrogen-bond acceptors (Lipinski definition) is 7. The highest BCUT2D eigenvalue weighted by atomic mass is 32.2. The Morgan fingerprint density at radius 1 is 1.14 bits per heavy atom. The van der Waals surface area contributed by atoms with Gasteiger partial charge in [-0.1, -0.05) is 13.8 Å². The minimum Gasteiger partial charge on any atom is -0.450 e. The number of piperidine rings is 1.